The lowest BCUT2D eigenvalue weighted by Gasteiger charge is -2.17. The van der Waals surface area contributed by atoms with Gasteiger partial charge in [0.05, 0.1) is 0 Å². The fourth-order valence-corrected chi connectivity index (χ4v) is 2.45. The summed E-state index contributed by atoms with van der Waals surface area (Å²) in [7, 11) is 0. The molecule has 1 nitrogen and oxygen atoms in total. The van der Waals surface area contributed by atoms with Crippen molar-refractivity contribution in [3.05, 3.63) is 34.9 Å². The van der Waals surface area contributed by atoms with E-state index >= 15 is 0 Å². The zero-order valence-electron chi connectivity index (χ0n) is 12.2. The number of hydrogen-bond acceptors (Lipinski definition) is 0. The lowest BCUT2D eigenvalue weighted by atomic mass is 9.90. The van der Waals surface area contributed by atoms with Crippen LogP contribution in [0, 0.1) is 0 Å². The highest BCUT2D eigenvalue weighted by atomic mass is 16.3. The van der Waals surface area contributed by atoms with Gasteiger partial charge in [0.2, 0.25) is 0 Å². The molecule has 1 rings (SSSR count). The van der Waals surface area contributed by atoms with Gasteiger partial charge in [-0.2, -0.15) is 0 Å². The van der Waals surface area contributed by atoms with E-state index in [1.807, 2.05) is 6.92 Å². The van der Waals surface area contributed by atoms with E-state index in [0.717, 1.165) is 18.4 Å². The number of rotatable bonds is 8. The third-order valence-electron chi connectivity index (χ3n) is 3.58. The van der Waals surface area contributed by atoms with Crippen LogP contribution in [0.4, 0.5) is 0 Å². The van der Waals surface area contributed by atoms with Crippen molar-refractivity contribution in [2.45, 2.75) is 71.8 Å². The van der Waals surface area contributed by atoms with Gasteiger partial charge in [-0.1, -0.05) is 51.8 Å². The molecule has 0 saturated carbocycles. The highest BCUT2D eigenvalue weighted by Gasteiger charge is 2.16. The molecule has 101 valence electrons. The van der Waals surface area contributed by atoms with E-state index in [1.54, 1.807) is 0 Å². The van der Waals surface area contributed by atoms with Crippen LogP contribution in [0.25, 0.3) is 0 Å². The van der Waals surface area contributed by atoms with Crippen LogP contribution in [0.2, 0.25) is 0 Å². The van der Waals surface area contributed by atoms with Gasteiger partial charge in [-0.15, -0.1) is 0 Å². The summed E-state index contributed by atoms with van der Waals surface area (Å²) in [5, 5.41) is 12.3. The summed E-state index contributed by atoms with van der Waals surface area (Å²) >= 11 is 0. The zero-order valence-corrected chi connectivity index (χ0v) is 12.2. The predicted octanol–water partition coefficient (Wildman–Crippen LogP) is 5.25. The fraction of sp³-hybridized carbons (Fsp3) is 0.647. The molecule has 0 aliphatic heterocycles. The van der Waals surface area contributed by atoms with E-state index < -0.39 is 6.10 Å². The first-order valence-electron chi connectivity index (χ1n) is 7.51. The standard InChI is InChI=1S/C17H27O/c1-4-7-10-14-12-9-13-15(11-8-5-2)17(14)16(18)6-3/h9,12-13,16H,4-8,10-11H2,1-3H3. The first kappa shape index (κ1) is 15.2. The van der Waals surface area contributed by atoms with Crippen molar-refractivity contribution in [1.29, 1.82) is 0 Å². The molecule has 0 heterocycles. The van der Waals surface area contributed by atoms with Gasteiger partial charge in [-0.3, -0.25) is 0 Å². The molecule has 0 aliphatic carbocycles. The lowest BCUT2D eigenvalue weighted by molar-refractivity contribution is 0.0841. The largest absolute Gasteiger partial charge is 0.228 e. The van der Waals surface area contributed by atoms with Crippen molar-refractivity contribution in [2.24, 2.45) is 0 Å². The number of unbranched alkanes of at least 4 members (excludes halogenated alkanes) is 2. The van der Waals surface area contributed by atoms with Gasteiger partial charge in [0.15, 0.2) is 0 Å². The van der Waals surface area contributed by atoms with Gasteiger partial charge in [-0.05, 0) is 48.8 Å². The van der Waals surface area contributed by atoms with Gasteiger partial charge in [0.25, 0.3) is 0 Å². The van der Waals surface area contributed by atoms with Gasteiger partial charge >= 0.3 is 0 Å². The Morgan fingerprint density at radius 1 is 0.944 bits per heavy atom. The second kappa shape index (κ2) is 8.31. The normalized spacial score (nSPS) is 12.7. The van der Waals surface area contributed by atoms with Crippen molar-refractivity contribution in [3.63, 3.8) is 0 Å². The average molecular weight is 247 g/mol. The minimum atomic E-state index is -0.537. The summed E-state index contributed by atoms with van der Waals surface area (Å²) in [6.45, 7) is 6.40. The summed E-state index contributed by atoms with van der Waals surface area (Å²) in [6, 6.07) is 6.43. The van der Waals surface area contributed by atoms with E-state index in [9.17, 15) is 5.11 Å². The maximum Gasteiger partial charge on any atom is 0.118 e. The van der Waals surface area contributed by atoms with Crippen LogP contribution in [0.1, 0.15) is 75.7 Å². The van der Waals surface area contributed by atoms with Crippen molar-refractivity contribution in [3.8, 4) is 0 Å². The molecular weight excluding hydrogens is 220 g/mol. The molecule has 0 N–H and O–H groups in total. The Morgan fingerprint density at radius 2 is 1.44 bits per heavy atom. The van der Waals surface area contributed by atoms with Gasteiger partial charge in [-0.25, -0.2) is 5.11 Å². The van der Waals surface area contributed by atoms with Crippen LogP contribution in [0.3, 0.4) is 0 Å². The Kier molecular flexibility index (Phi) is 7.04. The number of aryl methyl sites for hydroxylation is 2. The molecule has 0 bridgehead atoms. The van der Waals surface area contributed by atoms with Crippen LogP contribution in [0.5, 0.6) is 0 Å². The second-order valence-corrected chi connectivity index (χ2v) is 5.09. The summed E-state index contributed by atoms with van der Waals surface area (Å²) in [5.74, 6) is 0. The Balaban J connectivity index is 3.00. The molecule has 1 aromatic carbocycles. The number of benzene rings is 1. The average Bonchev–Trinajstić information content (AvgIpc) is 2.41. The van der Waals surface area contributed by atoms with Gasteiger partial charge in [0.1, 0.15) is 6.10 Å². The molecule has 0 aromatic heterocycles. The van der Waals surface area contributed by atoms with E-state index in [-0.39, 0.29) is 0 Å². The minimum Gasteiger partial charge on any atom is -0.228 e. The summed E-state index contributed by atoms with van der Waals surface area (Å²) in [4.78, 5) is 0. The maximum atomic E-state index is 12.3. The smallest absolute Gasteiger partial charge is 0.118 e. The monoisotopic (exact) mass is 247 g/mol. The van der Waals surface area contributed by atoms with Crippen LogP contribution < -0.4 is 0 Å². The number of hydrogen-bond donors (Lipinski definition) is 0. The molecular formula is C17H27O. The Morgan fingerprint density at radius 3 is 1.83 bits per heavy atom. The molecule has 1 radical (unpaired) electrons. The van der Waals surface area contributed by atoms with Crippen LogP contribution in [-0.4, -0.2) is 0 Å². The molecule has 0 amide bonds. The van der Waals surface area contributed by atoms with Gasteiger partial charge < -0.3 is 0 Å². The molecule has 0 spiro atoms. The summed E-state index contributed by atoms with van der Waals surface area (Å²) in [5.41, 5.74) is 3.71. The predicted molar refractivity (Wildman–Crippen MR) is 77.4 cm³/mol. The molecule has 1 atom stereocenters. The summed E-state index contributed by atoms with van der Waals surface area (Å²) < 4.78 is 0. The Hall–Kier alpha value is -0.820. The van der Waals surface area contributed by atoms with Crippen molar-refractivity contribution in [1.82, 2.24) is 0 Å². The zero-order chi connectivity index (χ0) is 13.4. The van der Waals surface area contributed by atoms with Crippen LogP contribution >= 0.6 is 0 Å². The van der Waals surface area contributed by atoms with E-state index in [1.165, 1.54) is 36.8 Å². The van der Waals surface area contributed by atoms with E-state index in [4.69, 9.17) is 0 Å². The third-order valence-corrected chi connectivity index (χ3v) is 3.58. The van der Waals surface area contributed by atoms with E-state index in [2.05, 4.69) is 32.0 Å². The maximum absolute atomic E-state index is 12.3. The molecule has 0 saturated heterocycles. The SMILES string of the molecule is CCCCc1cccc(CCCC)c1C([O])CC. The topological polar surface area (TPSA) is 19.9 Å². The first-order chi connectivity index (χ1) is 8.74. The van der Waals surface area contributed by atoms with Crippen LogP contribution in [0.15, 0.2) is 18.2 Å². The van der Waals surface area contributed by atoms with Crippen molar-refractivity contribution < 1.29 is 5.11 Å². The minimum absolute atomic E-state index is 0.537. The lowest BCUT2D eigenvalue weighted by Crippen LogP contribution is -2.05. The Bertz CT molecular complexity index is 317. The molecule has 18 heavy (non-hydrogen) atoms. The first-order valence-corrected chi connectivity index (χ1v) is 7.51. The van der Waals surface area contributed by atoms with Crippen molar-refractivity contribution >= 4 is 0 Å². The molecule has 0 fully saturated rings. The quantitative estimate of drug-likeness (QED) is 0.597. The van der Waals surface area contributed by atoms with E-state index in [0.29, 0.717) is 6.42 Å². The molecule has 1 aromatic rings. The van der Waals surface area contributed by atoms with Gasteiger partial charge in [0, 0.05) is 0 Å². The summed E-state index contributed by atoms with van der Waals surface area (Å²) in [6.07, 6.45) is 7.02. The molecule has 1 heteroatoms. The third kappa shape index (κ3) is 4.13. The van der Waals surface area contributed by atoms with Crippen LogP contribution in [-0.2, 0) is 17.9 Å². The van der Waals surface area contributed by atoms with Crippen molar-refractivity contribution in [2.75, 3.05) is 0 Å². The molecule has 0 aliphatic rings. The highest BCUT2D eigenvalue weighted by molar-refractivity contribution is 5.37. The highest BCUT2D eigenvalue weighted by Crippen LogP contribution is 2.28. The second-order valence-electron chi connectivity index (χ2n) is 5.09. The molecule has 1 unspecified atom stereocenters. The Labute approximate surface area is 112 Å². The fourth-order valence-electron chi connectivity index (χ4n) is 2.45.